The number of aryl methyl sites for hydroxylation is 1. The Hall–Kier alpha value is -3.07. The number of aromatic nitrogens is 4. The van der Waals surface area contributed by atoms with Crippen LogP contribution < -0.4 is 19.9 Å². The maximum Gasteiger partial charge on any atom is 0.264 e. The van der Waals surface area contributed by atoms with E-state index >= 15 is 0 Å². The van der Waals surface area contributed by atoms with Gasteiger partial charge < -0.3 is 14.4 Å². The molecule has 1 fully saturated rings. The van der Waals surface area contributed by atoms with Gasteiger partial charge in [-0.05, 0) is 12.8 Å². The number of hydrogen-bond acceptors (Lipinski definition) is 6. The van der Waals surface area contributed by atoms with E-state index in [0.717, 1.165) is 32.1 Å². The van der Waals surface area contributed by atoms with E-state index in [4.69, 9.17) is 21.1 Å². The van der Waals surface area contributed by atoms with Crippen LogP contribution in [0.2, 0.25) is 5.02 Å². The summed E-state index contributed by atoms with van der Waals surface area (Å²) >= 11 is 6.56. The molecule has 1 aliphatic carbocycles. The molecule has 0 atom stereocenters. The predicted molar refractivity (Wildman–Crippen MR) is 115 cm³/mol. The van der Waals surface area contributed by atoms with Crippen molar-refractivity contribution in [1.29, 1.82) is 0 Å². The largest absolute Gasteiger partial charge is 0.454 e. The molecule has 3 heterocycles. The summed E-state index contributed by atoms with van der Waals surface area (Å²) in [5, 5.41) is 4.87. The highest BCUT2D eigenvalue weighted by atomic mass is 35.5. The van der Waals surface area contributed by atoms with Gasteiger partial charge >= 0.3 is 0 Å². The van der Waals surface area contributed by atoms with Crippen molar-refractivity contribution >= 4 is 34.2 Å². The molecule has 2 aliphatic rings. The standard InChI is InChI=1S/C21H22ClN5O4/c1-25-20-14(9-24-25)21(29)26(11-23-20)10-19(28)27(13-5-3-2-4-6-13)16-8-18-17(7-15(16)22)30-12-31-18/h7-9,11,13H,2-6,10,12H2,1H3. The molecule has 10 heteroatoms. The lowest BCUT2D eigenvalue weighted by Crippen LogP contribution is -2.44. The van der Waals surface area contributed by atoms with Crippen molar-refractivity contribution in [3.8, 4) is 11.5 Å². The van der Waals surface area contributed by atoms with Gasteiger partial charge in [0.15, 0.2) is 17.1 Å². The van der Waals surface area contributed by atoms with Crippen LogP contribution in [0, 0.1) is 0 Å². The number of nitrogens with zero attached hydrogens (tertiary/aromatic N) is 5. The maximum atomic E-state index is 13.5. The SMILES string of the molecule is Cn1ncc2c(=O)n(CC(=O)N(c3cc4c(cc3Cl)OCO4)C3CCCCC3)cnc21. The molecule has 0 saturated heterocycles. The second-order valence-electron chi connectivity index (χ2n) is 7.90. The second kappa shape index (κ2) is 7.88. The first-order valence-corrected chi connectivity index (χ1v) is 10.7. The molecule has 0 radical (unpaired) electrons. The molecule has 1 amide bonds. The number of carbonyl (C=O) groups excluding carboxylic acids is 1. The van der Waals surface area contributed by atoms with Crippen LogP contribution in [0.1, 0.15) is 32.1 Å². The summed E-state index contributed by atoms with van der Waals surface area (Å²) in [5.74, 6) is 0.899. The van der Waals surface area contributed by atoms with Crippen LogP contribution in [0.15, 0.2) is 29.5 Å². The van der Waals surface area contributed by atoms with Gasteiger partial charge in [-0.2, -0.15) is 5.10 Å². The van der Waals surface area contributed by atoms with Crippen LogP contribution in [0.25, 0.3) is 11.0 Å². The Kier molecular flexibility index (Phi) is 5.05. The average molecular weight is 444 g/mol. The molecule has 3 aromatic rings. The lowest BCUT2D eigenvalue weighted by atomic mass is 9.93. The second-order valence-corrected chi connectivity index (χ2v) is 8.30. The number of fused-ring (bicyclic) bond motifs is 2. The highest BCUT2D eigenvalue weighted by molar-refractivity contribution is 6.34. The van der Waals surface area contributed by atoms with Gasteiger partial charge in [-0.15, -0.1) is 0 Å². The van der Waals surface area contributed by atoms with E-state index in [9.17, 15) is 9.59 Å². The molecule has 1 saturated carbocycles. The van der Waals surface area contributed by atoms with Crippen molar-refractivity contribution in [3.05, 3.63) is 40.0 Å². The summed E-state index contributed by atoms with van der Waals surface area (Å²) in [6.45, 7) is -0.0172. The van der Waals surface area contributed by atoms with Gasteiger partial charge in [0.1, 0.15) is 18.3 Å². The topological polar surface area (TPSA) is 91.5 Å². The summed E-state index contributed by atoms with van der Waals surface area (Å²) in [6, 6.07) is 3.44. The Bertz CT molecular complexity index is 1210. The van der Waals surface area contributed by atoms with E-state index in [-0.39, 0.29) is 30.8 Å². The van der Waals surface area contributed by atoms with Gasteiger partial charge in [-0.25, -0.2) is 4.98 Å². The van der Waals surface area contributed by atoms with Crippen molar-refractivity contribution in [2.75, 3.05) is 11.7 Å². The molecular formula is C21H22ClN5O4. The molecule has 1 aliphatic heterocycles. The first kappa shape index (κ1) is 19.9. The van der Waals surface area contributed by atoms with E-state index in [1.807, 2.05) is 0 Å². The molecule has 0 bridgehead atoms. The number of hydrogen-bond donors (Lipinski definition) is 0. The van der Waals surface area contributed by atoms with Crippen molar-refractivity contribution in [1.82, 2.24) is 19.3 Å². The normalized spacial score (nSPS) is 16.1. The number of rotatable bonds is 4. The minimum Gasteiger partial charge on any atom is -0.454 e. The highest BCUT2D eigenvalue weighted by Gasteiger charge is 2.31. The van der Waals surface area contributed by atoms with E-state index in [2.05, 4.69) is 10.1 Å². The number of benzene rings is 1. The maximum absolute atomic E-state index is 13.5. The van der Waals surface area contributed by atoms with Gasteiger partial charge in [0.2, 0.25) is 12.7 Å². The molecule has 5 rings (SSSR count). The molecule has 9 nitrogen and oxygen atoms in total. The quantitative estimate of drug-likeness (QED) is 0.615. The number of amides is 1. The van der Waals surface area contributed by atoms with Crippen LogP contribution >= 0.6 is 11.6 Å². The molecule has 0 unspecified atom stereocenters. The van der Waals surface area contributed by atoms with E-state index < -0.39 is 0 Å². The highest BCUT2D eigenvalue weighted by Crippen LogP contribution is 2.42. The van der Waals surface area contributed by atoms with Gasteiger partial charge in [-0.3, -0.25) is 18.8 Å². The Morgan fingerprint density at radius 2 is 1.97 bits per heavy atom. The Morgan fingerprint density at radius 1 is 1.23 bits per heavy atom. The first-order valence-electron chi connectivity index (χ1n) is 10.3. The molecular weight excluding hydrogens is 422 g/mol. The molecule has 2 aromatic heterocycles. The van der Waals surface area contributed by atoms with Gasteiger partial charge in [-0.1, -0.05) is 30.9 Å². The Labute approximate surface area is 183 Å². The number of ether oxygens (including phenoxy) is 2. The third-order valence-electron chi connectivity index (χ3n) is 5.93. The van der Waals surface area contributed by atoms with Crippen LogP contribution in [0.4, 0.5) is 5.69 Å². The number of halogens is 1. The third-order valence-corrected chi connectivity index (χ3v) is 6.24. The Balaban J connectivity index is 1.52. The zero-order valence-corrected chi connectivity index (χ0v) is 17.8. The fourth-order valence-electron chi connectivity index (χ4n) is 4.37. The lowest BCUT2D eigenvalue weighted by Gasteiger charge is -2.35. The molecule has 0 N–H and O–H groups in total. The van der Waals surface area contributed by atoms with Crippen molar-refractivity contribution in [2.24, 2.45) is 7.05 Å². The predicted octanol–water partition coefficient (Wildman–Crippen LogP) is 2.88. The van der Waals surface area contributed by atoms with Crippen molar-refractivity contribution < 1.29 is 14.3 Å². The smallest absolute Gasteiger partial charge is 0.264 e. The zero-order valence-electron chi connectivity index (χ0n) is 17.1. The minimum atomic E-state index is -0.299. The van der Waals surface area contributed by atoms with E-state index in [1.54, 1.807) is 24.1 Å². The third kappa shape index (κ3) is 3.52. The monoisotopic (exact) mass is 443 g/mol. The van der Waals surface area contributed by atoms with Gasteiger partial charge in [0.25, 0.3) is 5.56 Å². The van der Waals surface area contributed by atoms with Gasteiger partial charge in [0, 0.05) is 25.2 Å². The number of anilines is 1. The molecule has 162 valence electrons. The van der Waals surface area contributed by atoms with Crippen LogP contribution in [-0.4, -0.2) is 38.1 Å². The summed E-state index contributed by atoms with van der Waals surface area (Å²) in [6.07, 6.45) is 7.86. The summed E-state index contributed by atoms with van der Waals surface area (Å²) in [7, 11) is 1.72. The van der Waals surface area contributed by atoms with Crippen molar-refractivity contribution in [2.45, 2.75) is 44.7 Å². The average Bonchev–Trinajstić information content (AvgIpc) is 3.37. The minimum absolute atomic E-state index is 0.00454. The zero-order chi connectivity index (χ0) is 21.5. The number of carbonyl (C=O) groups is 1. The summed E-state index contributed by atoms with van der Waals surface area (Å²) < 4.78 is 13.8. The fourth-order valence-corrected chi connectivity index (χ4v) is 4.61. The van der Waals surface area contributed by atoms with Crippen LogP contribution in [-0.2, 0) is 18.4 Å². The van der Waals surface area contributed by atoms with E-state index in [0.29, 0.717) is 33.2 Å². The molecule has 31 heavy (non-hydrogen) atoms. The van der Waals surface area contributed by atoms with Crippen LogP contribution in [0.5, 0.6) is 11.5 Å². The molecule has 0 spiro atoms. The Morgan fingerprint density at radius 3 is 2.74 bits per heavy atom. The van der Waals surface area contributed by atoms with Crippen molar-refractivity contribution in [3.63, 3.8) is 0 Å². The summed E-state index contributed by atoms with van der Waals surface area (Å²) in [4.78, 5) is 32.4. The van der Waals surface area contributed by atoms with Crippen LogP contribution in [0.3, 0.4) is 0 Å². The first-order chi connectivity index (χ1) is 15.0. The van der Waals surface area contributed by atoms with Gasteiger partial charge in [0.05, 0.1) is 16.9 Å². The molecule has 1 aromatic carbocycles. The fraction of sp³-hybridized carbons (Fsp3) is 0.429. The lowest BCUT2D eigenvalue weighted by molar-refractivity contribution is -0.119. The summed E-state index contributed by atoms with van der Waals surface area (Å²) in [5.41, 5.74) is 0.759. The van der Waals surface area contributed by atoms with E-state index in [1.165, 1.54) is 21.8 Å².